The minimum absolute atomic E-state index is 0.196. The van der Waals surface area contributed by atoms with Gasteiger partial charge in [-0.25, -0.2) is 4.79 Å². The highest BCUT2D eigenvalue weighted by Gasteiger charge is 2.05. The lowest BCUT2D eigenvalue weighted by Gasteiger charge is -2.08. The Morgan fingerprint density at radius 3 is 2.25 bits per heavy atom. The molecule has 0 saturated carbocycles. The fraction of sp³-hybridized carbons (Fsp3) is 0.429. The van der Waals surface area contributed by atoms with E-state index in [-0.39, 0.29) is 5.91 Å². The Labute approximate surface area is 118 Å². The van der Waals surface area contributed by atoms with Crippen LogP contribution in [0.2, 0.25) is 0 Å². The van der Waals surface area contributed by atoms with Crippen molar-refractivity contribution in [2.24, 2.45) is 0 Å². The molecule has 6 nitrogen and oxygen atoms in total. The number of hydrogen-bond acceptors (Lipinski definition) is 4. The van der Waals surface area contributed by atoms with E-state index in [1.54, 1.807) is 31.2 Å². The van der Waals surface area contributed by atoms with Crippen LogP contribution in [0, 0.1) is 0 Å². The summed E-state index contributed by atoms with van der Waals surface area (Å²) < 4.78 is 9.99. The van der Waals surface area contributed by atoms with E-state index in [1.807, 2.05) is 6.92 Å². The van der Waals surface area contributed by atoms with Crippen molar-refractivity contribution in [3.8, 4) is 5.75 Å². The molecule has 20 heavy (non-hydrogen) atoms. The van der Waals surface area contributed by atoms with Crippen molar-refractivity contribution in [2.75, 3.05) is 26.3 Å². The largest absolute Gasteiger partial charge is 0.494 e. The molecule has 6 heteroatoms. The van der Waals surface area contributed by atoms with E-state index < -0.39 is 6.09 Å². The smallest absolute Gasteiger partial charge is 0.407 e. The van der Waals surface area contributed by atoms with Crippen LogP contribution < -0.4 is 15.4 Å². The van der Waals surface area contributed by atoms with Gasteiger partial charge in [0.05, 0.1) is 13.2 Å². The molecule has 110 valence electrons. The molecule has 0 saturated heterocycles. The van der Waals surface area contributed by atoms with E-state index in [4.69, 9.17) is 9.47 Å². The van der Waals surface area contributed by atoms with E-state index in [0.717, 1.165) is 5.75 Å². The van der Waals surface area contributed by atoms with E-state index in [1.165, 1.54) is 0 Å². The molecule has 0 aliphatic carbocycles. The lowest BCUT2D eigenvalue weighted by molar-refractivity contribution is 0.0952. The number of amides is 2. The van der Waals surface area contributed by atoms with Crippen LogP contribution in [0.1, 0.15) is 24.2 Å². The SMILES string of the molecule is CCOC(=O)NCCNC(=O)c1ccc(OCC)cc1. The fourth-order valence-corrected chi connectivity index (χ4v) is 1.49. The zero-order chi connectivity index (χ0) is 14.8. The van der Waals surface area contributed by atoms with Gasteiger partial charge in [-0.2, -0.15) is 0 Å². The number of nitrogens with one attached hydrogen (secondary N) is 2. The molecule has 0 bridgehead atoms. The number of benzene rings is 1. The molecule has 0 spiro atoms. The summed E-state index contributed by atoms with van der Waals surface area (Å²) in [6.45, 7) is 5.20. The van der Waals surface area contributed by atoms with Crippen LogP contribution in [0.4, 0.5) is 4.79 Å². The molecule has 0 aliphatic heterocycles. The average molecular weight is 280 g/mol. The highest BCUT2D eigenvalue weighted by molar-refractivity contribution is 5.94. The molecular formula is C14H20N2O4. The van der Waals surface area contributed by atoms with Crippen molar-refractivity contribution in [2.45, 2.75) is 13.8 Å². The zero-order valence-electron chi connectivity index (χ0n) is 11.8. The normalized spacial score (nSPS) is 9.70. The maximum Gasteiger partial charge on any atom is 0.407 e. The summed E-state index contributed by atoms with van der Waals surface area (Å²) in [6.07, 6.45) is -0.484. The van der Waals surface area contributed by atoms with Gasteiger partial charge < -0.3 is 20.1 Å². The van der Waals surface area contributed by atoms with E-state index in [0.29, 0.717) is 31.9 Å². The number of alkyl carbamates (subject to hydrolysis) is 1. The van der Waals surface area contributed by atoms with Crippen LogP contribution in [-0.4, -0.2) is 38.3 Å². The first-order valence-electron chi connectivity index (χ1n) is 6.59. The summed E-state index contributed by atoms with van der Waals surface area (Å²) in [5.74, 6) is 0.534. The molecular weight excluding hydrogens is 260 g/mol. The highest BCUT2D eigenvalue weighted by Crippen LogP contribution is 2.11. The minimum atomic E-state index is -0.484. The van der Waals surface area contributed by atoms with Gasteiger partial charge in [-0.3, -0.25) is 4.79 Å². The summed E-state index contributed by atoms with van der Waals surface area (Å²) in [7, 11) is 0. The summed E-state index contributed by atoms with van der Waals surface area (Å²) in [6, 6.07) is 6.88. The highest BCUT2D eigenvalue weighted by atomic mass is 16.5. The van der Waals surface area contributed by atoms with Crippen LogP contribution in [0.3, 0.4) is 0 Å². The quantitative estimate of drug-likeness (QED) is 0.743. The van der Waals surface area contributed by atoms with Crippen molar-refractivity contribution in [1.29, 1.82) is 0 Å². The molecule has 1 aromatic carbocycles. The molecule has 0 heterocycles. The second kappa shape index (κ2) is 8.79. The lowest BCUT2D eigenvalue weighted by atomic mass is 10.2. The van der Waals surface area contributed by atoms with Crippen LogP contribution in [0.5, 0.6) is 5.75 Å². The van der Waals surface area contributed by atoms with Gasteiger partial charge in [0, 0.05) is 18.7 Å². The number of hydrogen-bond donors (Lipinski definition) is 2. The van der Waals surface area contributed by atoms with Gasteiger partial charge in [0.2, 0.25) is 0 Å². The van der Waals surface area contributed by atoms with Gasteiger partial charge in [0.25, 0.3) is 5.91 Å². The third-order valence-electron chi connectivity index (χ3n) is 2.38. The van der Waals surface area contributed by atoms with Gasteiger partial charge in [-0.15, -0.1) is 0 Å². The van der Waals surface area contributed by atoms with E-state index >= 15 is 0 Å². The summed E-state index contributed by atoms with van der Waals surface area (Å²) in [4.78, 5) is 22.8. The van der Waals surface area contributed by atoms with Crippen molar-refractivity contribution in [3.63, 3.8) is 0 Å². The predicted molar refractivity (Wildman–Crippen MR) is 75.0 cm³/mol. The Morgan fingerprint density at radius 1 is 1.00 bits per heavy atom. The Hall–Kier alpha value is -2.24. The van der Waals surface area contributed by atoms with Crippen molar-refractivity contribution >= 4 is 12.0 Å². The van der Waals surface area contributed by atoms with Crippen LogP contribution in [0.25, 0.3) is 0 Å². The topological polar surface area (TPSA) is 76.7 Å². The summed E-state index contributed by atoms with van der Waals surface area (Å²) >= 11 is 0. The number of ether oxygens (including phenoxy) is 2. The van der Waals surface area contributed by atoms with Crippen molar-refractivity contribution in [3.05, 3.63) is 29.8 Å². The molecule has 1 rings (SSSR count). The predicted octanol–water partition coefficient (Wildman–Crippen LogP) is 1.56. The molecule has 0 fully saturated rings. The van der Waals surface area contributed by atoms with Gasteiger partial charge in [0.15, 0.2) is 0 Å². The van der Waals surface area contributed by atoms with Crippen molar-refractivity contribution in [1.82, 2.24) is 10.6 Å². The standard InChI is InChI=1S/C14H20N2O4/c1-3-19-12-7-5-11(6-8-12)13(17)15-9-10-16-14(18)20-4-2/h5-8H,3-4,9-10H2,1-2H3,(H,15,17)(H,16,18). The second-order valence-electron chi connectivity index (χ2n) is 3.86. The molecule has 2 N–H and O–H groups in total. The van der Waals surface area contributed by atoms with Crippen LogP contribution in [0.15, 0.2) is 24.3 Å². The summed E-state index contributed by atoms with van der Waals surface area (Å²) in [5.41, 5.74) is 0.546. The van der Waals surface area contributed by atoms with Crippen LogP contribution >= 0.6 is 0 Å². The summed E-state index contributed by atoms with van der Waals surface area (Å²) in [5, 5.41) is 5.22. The second-order valence-corrected chi connectivity index (χ2v) is 3.86. The molecule has 1 aromatic rings. The average Bonchev–Trinajstić information content (AvgIpc) is 2.45. The van der Waals surface area contributed by atoms with E-state index in [9.17, 15) is 9.59 Å². The van der Waals surface area contributed by atoms with Crippen molar-refractivity contribution < 1.29 is 19.1 Å². The Kier molecular flexibility index (Phi) is 6.95. The third kappa shape index (κ3) is 5.60. The maximum absolute atomic E-state index is 11.8. The number of carbonyl (C=O) groups is 2. The monoisotopic (exact) mass is 280 g/mol. The lowest BCUT2D eigenvalue weighted by Crippen LogP contribution is -2.34. The number of carbonyl (C=O) groups excluding carboxylic acids is 2. The van der Waals surface area contributed by atoms with Gasteiger partial charge in [0.1, 0.15) is 5.75 Å². The molecule has 0 radical (unpaired) electrons. The first-order chi connectivity index (χ1) is 9.67. The van der Waals surface area contributed by atoms with Gasteiger partial charge >= 0.3 is 6.09 Å². The molecule has 0 aromatic heterocycles. The Balaban J connectivity index is 2.30. The Bertz CT molecular complexity index is 431. The minimum Gasteiger partial charge on any atom is -0.494 e. The third-order valence-corrected chi connectivity index (χ3v) is 2.38. The molecule has 0 aliphatic rings. The number of rotatable bonds is 7. The molecule has 0 atom stereocenters. The van der Waals surface area contributed by atoms with Gasteiger partial charge in [-0.1, -0.05) is 0 Å². The van der Waals surface area contributed by atoms with Crippen LogP contribution in [-0.2, 0) is 4.74 Å². The first kappa shape index (κ1) is 15.8. The molecule has 2 amide bonds. The fourth-order valence-electron chi connectivity index (χ4n) is 1.49. The first-order valence-corrected chi connectivity index (χ1v) is 6.59. The maximum atomic E-state index is 11.8. The zero-order valence-corrected chi connectivity index (χ0v) is 11.8. The molecule has 0 unspecified atom stereocenters. The van der Waals surface area contributed by atoms with Gasteiger partial charge in [-0.05, 0) is 38.1 Å². The van der Waals surface area contributed by atoms with E-state index in [2.05, 4.69) is 10.6 Å². The Morgan fingerprint density at radius 2 is 1.65 bits per heavy atom.